The molecule has 1 aromatic rings. The van der Waals surface area contributed by atoms with Crippen LogP contribution in [0.3, 0.4) is 0 Å². The molecule has 1 unspecified atom stereocenters. The Kier molecular flexibility index (Phi) is 4.38. The number of aromatic carboxylic acids is 1. The van der Waals surface area contributed by atoms with Gasteiger partial charge in [-0.25, -0.2) is 9.59 Å². The van der Waals surface area contributed by atoms with Crippen molar-refractivity contribution in [3.8, 4) is 12.3 Å². The summed E-state index contributed by atoms with van der Waals surface area (Å²) >= 11 is 0. The van der Waals surface area contributed by atoms with Crippen molar-refractivity contribution in [1.82, 2.24) is 10.3 Å². The van der Waals surface area contributed by atoms with Gasteiger partial charge in [-0.05, 0) is 19.9 Å². The maximum Gasteiger partial charge on any atom is 0.354 e. The van der Waals surface area contributed by atoms with Crippen LogP contribution >= 0.6 is 0 Å². The minimum atomic E-state index is -1.13. The van der Waals surface area contributed by atoms with Crippen LogP contribution in [0.15, 0.2) is 6.07 Å². The van der Waals surface area contributed by atoms with Crippen LogP contribution in [0.1, 0.15) is 29.5 Å². The summed E-state index contributed by atoms with van der Waals surface area (Å²) in [4.78, 5) is 25.1. The molecular weight excluding hydrogens is 234 g/mol. The number of carbonyl (C=O) groups is 2. The molecule has 4 N–H and O–H groups in total. The first-order valence-electron chi connectivity index (χ1n) is 5.38. The summed E-state index contributed by atoms with van der Waals surface area (Å²) in [5, 5.41) is 14.0. The predicted molar refractivity (Wildman–Crippen MR) is 67.6 cm³/mol. The van der Waals surface area contributed by atoms with Gasteiger partial charge in [0.2, 0.25) is 0 Å². The molecule has 0 aromatic carbocycles. The van der Waals surface area contributed by atoms with E-state index in [0.29, 0.717) is 12.1 Å². The van der Waals surface area contributed by atoms with Crippen molar-refractivity contribution in [2.45, 2.75) is 26.3 Å². The van der Waals surface area contributed by atoms with E-state index in [2.05, 4.69) is 21.5 Å². The molecule has 2 amide bonds. The first-order chi connectivity index (χ1) is 8.43. The van der Waals surface area contributed by atoms with Gasteiger partial charge in [0.1, 0.15) is 5.69 Å². The number of terminal acetylenes is 1. The van der Waals surface area contributed by atoms with E-state index in [9.17, 15) is 9.59 Å². The number of urea groups is 1. The molecule has 0 saturated heterocycles. The Hall–Kier alpha value is -2.42. The first kappa shape index (κ1) is 13.6. The number of aromatic nitrogens is 1. The second-order valence-electron chi connectivity index (χ2n) is 3.95. The molecule has 1 heterocycles. The molecule has 6 nitrogen and oxygen atoms in total. The van der Waals surface area contributed by atoms with Crippen LogP contribution in [0.4, 0.5) is 10.5 Å². The van der Waals surface area contributed by atoms with Crippen LogP contribution in [0.25, 0.3) is 0 Å². The fraction of sp³-hybridized carbons (Fsp3) is 0.333. The highest BCUT2D eigenvalue weighted by Crippen LogP contribution is 2.16. The topological polar surface area (TPSA) is 94.2 Å². The molecule has 0 radical (unpaired) electrons. The Balaban J connectivity index is 2.70. The molecular formula is C12H15N3O3. The Labute approximate surface area is 105 Å². The van der Waals surface area contributed by atoms with Crippen molar-refractivity contribution >= 4 is 17.7 Å². The monoisotopic (exact) mass is 249 g/mol. The summed E-state index contributed by atoms with van der Waals surface area (Å²) in [5.41, 5.74) is 0.831. The second kappa shape index (κ2) is 5.77. The van der Waals surface area contributed by atoms with Crippen molar-refractivity contribution in [2.24, 2.45) is 0 Å². The van der Waals surface area contributed by atoms with Gasteiger partial charge in [-0.2, -0.15) is 0 Å². The number of rotatable bonds is 4. The van der Waals surface area contributed by atoms with E-state index in [4.69, 9.17) is 11.5 Å². The number of hydrogen-bond acceptors (Lipinski definition) is 2. The zero-order valence-electron chi connectivity index (χ0n) is 10.2. The largest absolute Gasteiger partial charge is 0.477 e. The van der Waals surface area contributed by atoms with Gasteiger partial charge >= 0.3 is 12.0 Å². The van der Waals surface area contributed by atoms with Crippen LogP contribution in [0.2, 0.25) is 0 Å². The smallest absolute Gasteiger partial charge is 0.354 e. The summed E-state index contributed by atoms with van der Waals surface area (Å²) in [7, 11) is 0. The van der Waals surface area contributed by atoms with E-state index < -0.39 is 12.0 Å². The number of hydrogen-bond donors (Lipinski definition) is 4. The van der Waals surface area contributed by atoms with Gasteiger partial charge in [0.25, 0.3) is 0 Å². The molecule has 6 heteroatoms. The number of carbonyl (C=O) groups excluding carboxylic acids is 1. The average molecular weight is 249 g/mol. The first-order valence-corrected chi connectivity index (χ1v) is 5.38. The molecule has 0 aliphatic heterocycles. The summed E-state index contributed by atoms with van der Waals surface area (Å²) in [6.45, 7) is 3.47. The molecule has 18 heavy (non-hydrogen) atoms. The van der Waals surface area contributed by atoms with E-state index in [1.165, 1.54) is 0 Å². The normalized spacial score (nSPS) is 11.4. The minimum absolute atomic E-state index is 0.0488. The number of carboxylic acids is 1. The molecule has 1 atom stereocenters. The molecule has 0 spiro atoms. The lowest BCUT2D eigenvalue weighted by Crippen LogP contribution is -2.36. The van der Waals surface area contributed by atoms with Gasteiger partial charge < -0.3 is 20.7 Å². The number of nitrogens with one attached hydrogen (secondary N) is 3. The number of H-pyrrole nitrogens is 1. The number of amides is 2. The molecule has 0 fully saturated rings. The molecule has 96 valence electrons. The third-order valence-electron chi connectivity index (χ3n) is 2.22. The third kappa shape index (κ3) is 3.56. The molecule has 1 rings (SSSR count). The molecule has 0 saturated carbocycles. The second-order valence-corrected chi connectivity index (χ2v) is 3.95. The Morgan fingerprint density at radius 1 is 1.61 bits per heavy atom. The van der Waals surface area contributed by atoms with Crippen LogP contribution in [0.5, 0.6) is 0 Å². The SMILES string of the molecule is C#CCC(C)NC(=O)Nc1cc(C)[nH]c1C(=O)O. The summed E-state index contributed by atoms with van der Waals surface area (Å²) in [6.07, 6.45) is 5.53. The standard InChI is InChI=1S/C12H15N3O3/c1-4-5-7(2)14-12(18)15-9-6-8(3)13-10(9)11(16)17/h1,6-7,13H,5H2,2-3H3,(H,16,17)(H2,14,15,18). The fourth-order valence-corrected chi connectivity index (χ4v) is 1.47. The van der Waals surface area contributed by atoms with E-state index in [1.54, 1.807) is 19.9 Å². The summed E-state index contributed by atoms with van der Waals surface area (Å²) < 4.78 is 0. The van der Waals surface area contributed by atoms with Gasteiger partial charge in [-0.1, -0.05) is 0 Å². The van der Waals surface area contributed by atoms with Crippen molar-refractivity contribution in [3.05, 3.63) is 17.5 Å². The highest BCUT2D eigenvalue weighted by atomic mass is 16.4. The van der Waals surface area contributed by atoms with Crippen molar-refractivity contribution < 1.29 is 14.7 Å². The van der Waals surface area contributed by atoms with Crippen molar-refractivity contribution in [2.75, 3.05) is 5.32 Å². The number of aryl methyl sites for hydroxylation is 1. The van der Waals surface area contributed by atoms with Gasteiger partial charge in [0.15, 0.2) is 0 Å². The fourth-order valence-electron chi connectivity index (χ4n) is 1.47. The number of anilines is 1. The molecule has 0 aliphatic rings. The van der Waals surface area contributed by atoms with Gasteiger partial charge in [0.05, 0.1) is 5.69 Å². The zero-order valence-corrected chi connectivity index (χ0v) is 10.2. The predicted octanol–water partition coefficient (Wildman–Crippen LogP) is 1.55. The Morgan fingerprint density at radius 3 is 2.83 bits per heavy atom. The lowest BCUT2D eigenvalue weighted by molar-refractivity contribution is 0.0692. The molecule has 0 bridgehead atoms. The Bertz CT molecular complexity index is 499. The van der Waals surface area contributed by atoms with Crippen LogP contribution in [0, 0.1) is 19.3 Å². The lowest BCUT2D eigenvalue weighted by atomic mass is 10.2. The van der Waals surface area contributed by atoms with Crippen LogP contribution in [-0.4, -0.2) is 28.1 Å². The van der Waals surface area contributed by atoms with Gasteiger partial charge in [-0.15, -0.1) is 12.3 Å². The molecule has 0 aliphatic carbocycles. The zero-order chi connectivity index (χ0) is 13.7. The van der Waals surface area contributed by atoms with E-state index in [1.807, 2.05) is 0 Å². The van der Waals surface area contributed by atoms with E-state index in [0.717, 1.165) is 0 Å². The van der Waals surface area contributed by atoms with Crippen LogP contribution in [-0.2, 0) is 0 Å². The van der Waals surface area contributed by atoms with Gasteiger partial charge in [0, 0.05) is 18.2 Å². The third-order valence-corrected chi connectivity index (χ3v) is 2.22. The average Bonchev–Trinajstić information content (AvgIpc) is 2.59. The van der Waals surface area contributed by atoms with Crippen molar-refractivity contribution in [3.63, 3.8) is 0 Å². The van der Waals surface area contributed by atoms with E-state index in [-0.39, 0.29) is 17.4 Å². The highest BCUT2D eigenvalue weighted by Gasteiger charge is 2.15. The van der Waals surface area contributed by atoms with Gasteiger partial charge in [-0.3, -0.25) is 0 Å². The lowest BCUT2D eigenvalue weighted by Gasteiger charge is -2.11. The molecule has 1 aromatic heterocycles. The Morgan fingerprint density at radius 2 is 2.28 bits per heavy atom. The minimum Gasteiger partial charge on any atom is -0.477 e. The van der Waals surface area contributed by atoms with Crippen LogP contribution < -0.4 is 10.6 Å². The summed E-state index contributed by atoms with van der Waals surface area (Å²) in [5.74, 6) is 1.30. The van der Waals surface area contributed by atoms with Crippen molar-refractivity contribution in [1.29, 1.82) is 0 Å². The summed E-state index contributed by atoms with van der Waals surface area (Å²) in [6, 6.07) is 0.886. The maximum absolute atomic E-state index is 11.6. The number of aromatic amines is 1. The maximum atomic E-state index is 11.6. The number of carboxylic acid groups (broad SMARTS) is 1. The quantitative estimate of drug-likeness (QED) is 0.610. The highest BCUT2D eigenvalue weighted by molar-refractivity contribution is 5.99. The van der Waals surface area contributed by atoms with E-state index >= 15 is 0 Å².